The minimum atomic E-state index is -0.876. The second-order valence-electron chi connectivity index (χ2n) is 7.91. The molecule has 0 saturated heterocycles. The molecule has 37 heavy (non-hydrogen) atoms. The zero-order chi connectivity index (χ0) is 26.9. The molecule has 2 heterocycles. The summed E-state index contributed by atoms with van der Waals surface area (Å²) >= 11 is 7.49. The highest BCUT2D eigenvalue weighted by Crippen LogP contribution is 2.38. The predicted octanol–water partition coefficient (Wildman–Crippen LogP) is 3.10. The first-order chi connectivity index (χ1) is 17.8. The van der Waals surface area contributed by atoms with E-state index in [1.54, 1.807) is 43.3 Å². The van der Waals surface area contributed by atoms with E-state index in [0.717, 1.165) is 0 Å². The lowest BCUT2D eigenvalue weighted by Crippen LogP contribution is -2.40. The number of allylic oxidation sites excluding steroid dienone is 1. The molecule has 9 nitrogen and oxygen atoms in total. The van der Waals surface area contributed by atoms with Crippen LogP contribution in [0.2, 0.25) is 5.02 Å². The van der Waals surface area contributed by atoms with Crippen molar-refractivity contribution in [1.29, 1.82) is 0 Å². The fourth-order valence-corrected chi connectivity index (χ4v) is 5.42. The van der Waals surface area contributed by atoms with Crippen LogP contribution in [0.4, 0.5) is 0 Å². The molecule has 1 aliphatic heterocycles. The zero-order valence-corrected chi connectivity index (χ0v) is 22.7. The van der Waals surface area contributed by atoms with Gasteiger partial charge in [0.05, 0.1) is 56.9 Å². The van der Waals surface area contributed by atoms with Gasteiger partial charge in [0.1, 0.15) is 29.0 Å². The lowest BCUT2D eigenvalue weighted by molar-refractivity contribution is -0.136. The minimum Gasteiger partial charge on any atom is -0.496 e. The van der Waals surface area contributed by atoms with Crippen molar-refractivity contribution in [3.63, 3.8) is 0 Å². The molecule has 1 aromatic heterocycles. The molecule has 1 aliphatic rings. The molecule has 0 aliphatic carbocycles. The summed E-state index contributed by atoms with van der Waals surface area (Å²) in [4.78, 5) is 31.8. The maximum Gasteiger partial charge on any atom is 0.338 e. The summed E-state index contributed by atoms with van der Waals surface area (Å²) in [6, 6.07) is 7.54. The minimum absolute atomic E-state index is 0.210. The van der Waals surface area contributed by atoms with Gasteiger partial charge in [0.15, 0.2) is 4.80 Å². The topological polar surface area (TPSA) is 97.6 Å². The van der Waals surface area contributed by atoms with Gasteiger partial charge in [-0.25, -0.2) is 9.79 Å². The van der Waals surface area contributed by atoms with Crippen molar-refractivity contribution >= 4 is 35.0 Å². The van der Waals surface area contributed by atoms with Crippen LogP contribution in [0.3, 0.4) is 0 Å². The Morgan fingerprint density at radius 2 is 1.65 bits per heavy atom. The molecular weight excluding hydrogens is 520 g/mol. The van der Waals surface area contributed by atoms with E-state index < -0.39 is 12.0 Å². The van der Waals surface area contributed by atoms with Crippen molar-refractivity contribution in [3.8, 4) is 23.0 Å². The number of methoxy groups -OCH3 is 5. The average molecular weight is 545 g/mol. The Balaban J connectivity index is 2.05. The smallest absolute Gasteiger partial charge is 0.338 e. The van der Waals surface area contributed by atoms with Crippen LogP contribution in [0.5, 0.6) is 23.0 Å². The van der Waals surface area contributed by atoms with Crippen molar-refractivity contribution in [3.05, 3.63) is 77.4 Å². The molecule has 0 bridgehead atoms. The average Bonchev–Trinajstić information content (AvgIpc) is 3.21. The Labute approximate surface area is 221 Å². The number of fused-ring (bicyclic) bond motifs is 1. The number of rotatable bonds is 7. The van der Waals surface area contributed by atoms with E-state index in [1.807, 2.05) is 0 Å². The maximum atomic E-state index is 13.9. The maximum absolute atomic E-state index is 13.9. The molecule has 2 aromatic carbocycles. The number of ether oxygens (including phenoxy) is 5. The molecule has 3 aromatic rings. The summed E-state index contributed by atoms with van der Waals surface area (Å²) in [5.41, 5.74) is 1.34. The number of halogens is 1. The third kappa shape index (κ3) is 4.70. The van der Waals surface area contributed by atoms with Gasteiger partial charge in [-0.15, -0.1) is 0 Å². The van der Waals surface area contributed by atoms with E-state index in [2.05, 4.69) is 4.99 Å². The van der Waals surface area contributed by atoms with Gasteiger partial charge in [-0.05, 0) is 31.2 Å². The number of nitrogens with zero attached hydrogens (tertiary/aromatic N) is 2. The van der Waals surface area contributed by atoms with E-state index in [9.17, 15) is 9.59 Å². The number of carbonyl (C=O) groups is 1. The fourth-order valence-electron chi connectivity index (χ4n) is 4.21. The van der Waals surface area contributed by atoms with Crippen LogP contribution in [0.25, 0.3) is 6.08 Å². The molecule has 1 atom stereocenters. The Morgan fingerprint density at radius 3 is 2.22 bits per heavy atom. The lowest BCUT2D eigenvalue weighted by atomic mass is 9.95. The summed E-state index contributed by atoms with van der Waals surface area (Å²) in [5, 5.41) is 0.421. The highest BCUT2D eigenvalue weighted by atomic mass is 35.5. The van der Waals surface area contributed by atoms with Crippen LogP contribution in [0, 0.1) is 0 Å². The molecule has 11 heteroatoms. The van der Waals surface area contributed by atoms with Gasteiger partial charge in [0, 0.05) is 22.7 Å². The van der Waals surface area contributed by atoms with Crippen molar-refractivity contribution in [2.24, 2.45) is 4.99 Å². The van der Waals surface area contributed by atoms with Crippen LogP contribution in [-0.4, -0.2) is 46.1 Å². The van der Waals surface area contributed by atoms with Gasteiger partial charge < -0.3 is 23.7 Å². The summed E-state index contributed by atoms with van der Waals surface area (Å²) < 4.78 is 28.8. The second kappa shape index (κ2) is 10.7. The molecule has 0 radical (unpaired) electrons. The SMILES string of the molecule is COC(=O)C1=C(C)N=c2s/c(=C\c3c(OC)cc(OC)cc3OC)c(=O)n2[C@@H]1c1cc(Cl)ccc1OC. The van der Waals surface area contributed by atoms with Gasteiger partial charge in [-0.2, -0.15) is 0 Å². The number of aromatic nitrogens is 1. The Kier molecular flexibility index (Phi) is 7.60. The quantitative estimate of drug-likeness (QED) is 0.422. The van der Waals surface area contributed by atoms with Crippen molar-refractivity contribution in [1.82, 2.24) is 4.57 Å². The van der Waals surface area contributed by atoms with Gasteiger partial charge >= 0.3 is 5.97 Å². The molecule has 0 amide bonds. The predicted molar refractivity (Wildman–Crippen MR) is 140 cm³/mol. The third-order valence-corrected chi connectivity index (χ3v) is 7.16. The zero-order valence-electron chi connectivity index (χ0n) is 21.1. The van der Waals surface area contributed by atoms with E-state index in [0.29, 0.717) is 54.2 Å². The number of benzene rings is 2. The monoisotopic (exact) mass is 544 g/mol. The molecule has 0 N–H and O–H groups in total. The molecular formula is C26H25ClN2O7S. The van der Waals surface area contributed by atoms with E-state index >= 15 is 0 Å². The highest BCUT2D eigenvalue weighted by Gasteiger charge is 2.35. The fraction of sp³-hybridized carbons (Fsp3) is 0.269. The molecule has 0 unspecified atom stereocenters. The molecule has 0 saturated carbocycles. The molecule has 0 spiro atoms. The van der Waals surface area contributed by atoms with Crippen molar-refractivity contribution < 1.29 is 28.5 Å². The Hall–Kier alpha value is -3.76. The largest absolute Gasteiger partial charge is 0.496 e. The van der Waals surface area contributed by atoms with Crippen molar-refractivity contribution in [2.45, 2.75) is 13.0 Å². The van der Waals surface area contributed by atoms with Crippen LogP contribution < -0.4 is 33.8 Å². The van der Waals surface area contributed by atoms with E-state index in [-0.39, 0.29) is 11.1 Å². The standard InChI is InChI=1S/C26H25ClN2O7S/c1-13-22(25(31)36-6)23(17-9-14(27)7-8-18(17)33-3)29-24(30)21(37-26(29)28-13)12-16-19(34-4)10-15(32-2)11-20(16)35-5/h7-12,23H,1-6H3/b21-12-/t23-/m1/s1. The van der Waals surface area contributed by atoms with E-state index in [4.69, 9.17) is 35.3 Å². The first-order valence-electron chi connectivity index (χ1n) is 11.0. The highest BCUT2D eigenvalue weighted by molar-refractivity contribution is 7.07. The van der Waals surface area contributed by atoms with Crippen LogP contribution in [-0.2, 0) is 9.53 Å². The van der Waals surface area contributed by atoms with Crippen LogP contribution >= 0.6 is 22.9 Å². The molecule has 194 valence electrons. The van der Waals surface area contributed by atoms with Crippen LogP contribution in [0.15, 0.2) is 51.4 Å². The summed E-state index contributed by atoms with van der Waals surface area (Å²) in [5.74, 6) is 1.31. The molecule has 0 fully saturated rings. The first kappa shape index (κ1) is 26.3. The molecule has 4 rings (SSSR count). The number of thiazole rings is 1. The summed E-state index contributed by atoms with van der Waals surface area (Å²) in [6.07, 6.45) is 1.67. The van der Waals surface area contributed by atoms with Gasteiger partial charge in [-0.1, -0.05) is 22.9 Å². The number of carbonyl (C=O) groups excluding carboxylic acids is 1. The number of hydrogen-bond acceptors (Lipinski definition) is 9. The van der Waals surface area contributed by atoms with E-state index in [1.165, 1.54) is 51.5 Å². The summed E-state index contributed by atoms with van der Waals surface area (Å²) in [7, 11) is 7.36. The lowest BCUT2D eigenvalue weighted by Gasteiger charge is -2.25. The summed E-state index contributed by atoms with van der Waals surface area (Å²) in [6.45, 7) is 1.70. The van der Waals surface area contributed by atoms with Gasteiger partial charge in [-0.3, -0.25) is 9.36 Å². The second-order valence-corrected chi connectivity index (χ2v) is 9.35. The Bertz CT molecular complexity index is 1560. The number of esters is 1. The van der Waals surface area contributed by atoms with Gasteiger partial charge in [0.2, 0.25) is 0 Å². The normalized spacial score (nSPS) is 15.1. The third-order valence-electron chi connectivity index (χ3n) is 5.94. The van der Waals surface area contributed by atoms with Gasteiger partial charge in [0.25, 0.3) is 5.56 Å². The van der Waals surface area contributed by atoms with Crippen LogP contribution in [0.1, 0.15) is 24.1 Å². The van der Waals surface area contributed by atoms with Crippen molar-refractivity contribution in [2.75, 3.05) is 35.5 Å². The Morgan fingerprint density at radius 1 is 1.00 bits per heavy atom. The number of hydrogen-bond donors (Lipinski definition) is 0. The first-order valence-corrected chi connectivity index (χ1v) is 12.2.